The van der Waals surface area contributed by atoms with Crippen LogP contribution in [-0.2, 0) is 0 Å². The predicted octanol–water partition coefficient (Wildman–Crippen LogP) is 4.19. The number of piperidine rings is 2. The van der Waals surface area contributed by atoms with Gasteiger partial charge in [-0.25, -0.2) is 0 Å². The van der Waals surface area contributed by atoms with E-state index in [0.717, 1.165) is 23.8 Å². The number of nitrogens with zero attached hydrogens (tertiary/aromatic N) is 3. The van der Waals surface area contributed by atoms with Gasteiger partial charge in [0, 0.05) is 19.1 Å². The van der Waals surface area contributed by atoms with Crippen molar-refractivity contribution in [3.63, 3.8) is 0 Å². The molecule has 3 nitrogen and oxygen atoms in total. The highest BCUT2D eigenvalue weighted by molar-refractivity contribution is 4.85. The van der Waals surface area contributed by atoms with Crippen molar-refractivity contribution in [2.45, 2.75) is 72.8 Å². The van der Waals surface area contributed by atoms with Gasteiger partial charge in [-0.15, -0.1) is 0 Å². The van der Waals surface area contributed by atoms with Crippen LogP contribution in [0.15, 0.2) is 0 Å². The molecule has 0 amide bonds. The third-order valence-electron chi connectivity index (χ3n) is 6.92. The first-order valence-electron chi connectivity index (χ1n) is 11.3. The molecule has 0 saturated carbocycles. The van der Waals surface area contributed by atoms with E-state index in [2.05, 4.69) is 35.5 Å². The monoisotopic (exact) mass is 351 g/mol. The molecular formula is C22H45N3. The van der Waals surface area contributed by atoms with Gasteiger partial charge in [-0.3, -0.25) is 0 Å². The van der Waals surface area contributed by atoms with Gasteiger partial charge in [-0.1, -0.05) is 34.6 Å². The highest BCUT2D eigenvalue weighted by Gasteiger charge is 2.30. The number of hydrogen-bond donors (Lipinski definition) is 0. The maximum Gasteiger partial charge on any atom is 0.0120 e. The Hall–Kier alpha value is -0.120. The van der Waals surface area contributed by atoms with Crippen LogP contribution in [0.3, 0.4) is 0 Å². The first kappa shape index (κ1) is 21.2. The minimum absolute atomic E-state index is 0.882. The smallest absolute Gasteiger partial charge is 0.0120 e. The molecule has 1 unspecified atom stereocenters. The molecule has 0 spiro atoms. The summed E-state index contributed by atoms with van der Waals surface area (Å²) in [5, 5.41) is 0. The van der Waals surface area contributed by atoms with Gasteiger partial charge in [0.25, 0.3) is 0 Å². The van der Waals surface area contributed by atoms with E-state index in [-0.39, 0.29) is 0 Å². The molecule has 3 fully saturated rings. The van der Waals surface area contributed by atoms with E-state index in [0.29, 0.717) is 0 Å². The summed E-state index contributed by atoms with van der Waals surface area (Å²) in [5.74, 6) is 2.80. The first-order valence-corrected chi connectivity index (χ1v) is 11.3. The molecule has 0 aromatic carbocycles. The van der Waals surface area contributed by atoms with E-state index >= 15 is 0 Å². The van der Waals surface area contributed by atoms with Gasteiger partial charge in [0.15, 0.2) is 0 Å². The van der Waals surface area contributed by atoms with Gasteiger partial charge in [-0.2, -0.15) is 0 Å². The van der Waals surface area contributed by atoms with Gasteiger partial charge in [0.1, 0.15) is 0 Å². The highest BCUT2D eigenvalue weighted by Crippen LogP contribution is 2.28. The van der Waals surface area contributed by atoms with Crippen LogP contribution >= 0.6 is 0 Å². The van der Waals surface area contributed by atoms with E-state index in [1.807, 2.05) is 13.8 Å². The Kier molecular flexibility index (Phi) is 9.23. The van der Waals surface area contributed by atoms with Crippen LogP contribution in [-0.4, -0.2) is 73.1 Å². The second-order valence-electron chi connectivity index (χ2n) is 8.70. The minimum Gasteiger partial charge on any atom is -0.303 e. The van der Waals surface area contributed by atoms with Crippen molar-refractivity contribution in [3.8, 4) is 0 Å². The zero-order valence-corrected chi connectivity index (χ0v) is 17.8. The lowest BCUT2D eigenvalue weighted by Crippen LogP contribution is -2.48. The fourth-order valence-electron chi connectivity index (χ4n) is 5.13. The Labute approximate surface area is 158 Å². The average Bonchev–Trinajstić information content (AvgIpc) is 3.12. The van der Waals surface area contributed by atoms with Crippen molar-refractivity contribution in [2.75, 3.05) is 52.4 Å². The van der Waals surface area contributed by atoms with Crippen molar-refractivity contribution < 1.29 is 0 Å². The second kappa shape index (κ2) is 10.9. The summed E-state index contributed by atoms with van der Waals surface area (Å²) in [6.45, 7) is 21.8. The molecule has 3 rings (SSSR count). The van der Waals surface area contributed by atoms with Crippen LogP contribution in [0.4, 0.5) is 0 Å². The van der Waals surface area contributed by atoms with Crippen LogP contribution in [0.25, 0.3) is 0 Å². The lowest BCUT2D eigenvalue weighted by molar-refractivity contribution is 0.0648. The lowest BCUT2D eigenvalue weighted by atomic mass is 9.85. The normalized spacial score (nSPS) is 28.3. The second-order valence-corrected chi connectivity index (χ2v) is 8.70. The van der Waals surface area contributed by atoms with Crippen LogP contribution in [0.2, 0.25) is 0 Å². The van der Waals surface area contributed by atoms with Crippen LogP contribution in [0, 0.1) is 17.8 Å². The third kappa shape index (κ3) is 6.22. The average molecular weight is 352 g/mol. The van der Waals surface area contributed by atoms with E-state index in [4.69, 9.17) is 0 Å². The fraction of sp³-hybridized carbons (Fsp3) is 1.00. The van der Waals surface area contributed by atoms with E-state index < -0.39 is 0 Å². The molecule has 3 aliphatic rings. The fourth-order valence-corrected chi connectivity index (χ4v) is 5.13. The Morgan fingerprint density at radius 2 is 1.40 bits per heavy atom. The van der Waals surface area contributed by atoms with Crippen molar-refractivity contribution in [2.24, 2.45) is 17.8 Å². The maximum absolute atomic E-state index is 2.82. The SMILES string of the molecule is CC.CCN1CCC(CN2CCC(N3CCC(C(C)C)CC3)CC2)C1. The summed E-state index contributed by atoms with van der Waals surface area (Å²) in [7, 11) is 0. The van der Waals surface area contributed by atoms with Gasteiger partial charge < -0.3 is 14.7 Å². The quantitative estimate of drug-likeness (QED) is 0.735. The molecule has 25 heavy (non-hydrogen) atoms. The summed E-state index contributed by atoms with van der Waals surface area (Å²) in [6.07, 6.45) is 7.13. The Bertz CT molecular complexity index is 341. The summed E-state index contributed by atoms with van der Waals surface area (Å²) < 4.78 is 0. The zero-order valence-electron chi connectivity index (χ0n) is 17.8. The molecule has 3 aliphatic heterocycles. The molecule has 0 N–H and O–H groups in total. The summed E-state index contributed by atoms with van der Waals surface area (Å²) in [4.78, 5) is 8.21. The minimum atomic E-state index is 0.882. The maximum atomic E-state index is 2.82. The molecular weight excluding hydrogens is 306 g/mol. The van der Waals surface area contributed by atoms with Crippen molar-refractivity contribution in [1.29, 1.82) is 0 Å². The molecule has 3 heterocycles. The van der Waals surface area contributed by atoms with Crippen molar-refractivity contribution in [1.82, 2.24) is 14.7 Å². The van der Waals surface area contributed by atoms with Gasteiger partial charge in [-0.05, 0) is 89.1 Å². The molecule has 3 saturated heterocycles. The topological polar surface area (TPSA) is 9.72 Å². The lowest BCUT2D eigenvalue weighted by Gasteiger charge is -2.43. The first-order chi connectivity index (χ1) is 12.2. The van der Waals surface area contributed by atoms with Gasteiger partial charge in [0.2, 0.25) is 0 Å². The molecule has 1 atom stereocenters. The van der Waals surface area contributed by atoms with E-state index in [9.17, 15) is 0 Å². The standard InChI is InChI=1S/C20H39N3.C2H6/c1-4-21-10-5-18(15-21)16-22-11-8-20(9-12-22)23-13-6-19(7-14-23)17(2)3;1-2/h17-20H,4-16H2,1-3H3;1-2H3. The van der Waals surface area contributed by atoms with Gasteiger partial charge >= 0.3 is 0 Å². The summed E-state index contributed by atoms with van der Waals surface area (Å²) in [6, 6.07) is 0.884. The Morgan fingerprint density at radius 1 is 0.800 bits per heavy atom. The largest absolute Gasteiger partial charge is 0.303 e. The Balaban J connectivity index is 0.00000109. The molecule has 0 aromatic heterocycles. The number of likely N-dealkylation sites (tertiary alicyclic amines) is 3. The molecule has 3 heteroatoms. The number of rotatable bonds is 5. The highest BCUT2D eigenvalue weighted by atomic mass is 15.2. The van der Waals surface area contributed by atoms with Crippen molar-refractivity contribution in [3.05, 3.63) is 0 Å². The van der Waals surface area contributed by atoms with Crippen molar-refractivity contribution >= 4 is 0 Å². The van der Waals surface area contributed by atoms with E-state index in [1.54, 1.807) is 0 Å². The summed E-state index contributed by atoms with van der Waals surface area (Å²) in [5.41, 5.74) is 0. The van der Waals surface area contributed by atoms with Crippen LogP contribution < -0.4 is 0 Å². The molecule has 148 valence electrons. The summed E-state index contributed by atoms with van der Waals surface area (Å²) >= 11 is 0. The molecule has 0 aliphatic carbocycles. The van der Waals surface area contributed by atoms with Crippen LogP contribution in [0.1, 0.15) is 66.7 Å². The zero-order chi connectivity index (χ0) is 18.2. The molecule has 0 radical (unpaired) electrons. The third-order valence-corrected chi connectivity index (χ3v) is 6.92. The molecule has 0 bridgehead atoms. The van der Waals surface area contributed by atoms with Gasteiger partial charge in [0.05, 0.1) is 0 Å². The van der Waals surface area contributed by atoms with E-state index in [1.165, 1.54) is 84.5 Å². The Morgan fingerprint density at radius 3 is 1.92 bits per heavy atom. The number of hydrogen-bond acceptors (Lipinski definition) is 3. The van der Waals surface area contributed by atoms with Crippen LogP contribution in [0.5, 0.6) is 0 Å². The molecule has 0 aromatic rings. The predicted molar refractivity (Wildman–Crippen MR) is 110 cm³/mol.